The Labute approximate surface area is 118 Å². The van der Waals surface area contributed by atoms with Crippen LogP contribution < -0.4 is 5.32 Å². The van der Waals surface area contributed by atoms with Gasteiger partial charge in [0.05, 0.1) is 6.10 Å². The molecule has 1 heterocycles. The van der Waals surface area contributed by atoms with Crippen molar-refractivity contribution in [2.24, 2.45) is 0 Å². The van der Waals surface area contributed by atoms with E-state index in [0.29, 0.717) is 0 Å². The van der Waals surface area contributed by atoms with Crippen molar-refractivity contribution in [1.82, 2.24) is 10.2 Å². The van der Waals surface area contributed by atoms with Gasteiger partial charge in [0.15, 0.2) is 0 Å². The molecule has 0 bridgehead atoms. The molecule has 3 nitrogen and oxygen atoms in total. The van der Waals surface area contributed by atoms with Gasteiger partial charge in [0.25, 0.3) is 0 Å². The van der Waals surface area contributed by atoms with Crippen molar-refractivity contribution in [2.75, 3.05) is 38.5 Å². The summed E-state index contributed by atoms with van der Waals surface area (Å²) in [5, 5.41) is 14.1. The molecule has 1 fully saturated rings. The van der Waals surface area contributed by atoms with E-state index in [1.54, 1.807) is 11.8 Å². The summed E-state index contributed by atoms with van der Waals surface area (Å²) in [7, 11) is 0. The molecule has 1 atom stereocenters. The highest BCUT2D eigenvalue weighted by molar-refractivity contribution is 7.99. The Kier molecular flexibility index (Phi) is 5.79. The summed E-state index contributed by atoms with van der Waals surface area (Å²) in [5.41, 5.74) is 0. The third-order valence-corrected chi connectivity index (χ3v) is 4.34. The minimum Gasteiger partial charge on any atom is -0.391 e. The summed E-state index contributed by atoms with van der Waals surface area (Å²) in [4.78, 5) is 3.46. The van der Waals surface area contributed by atoms with Crippen LogP contribution in [-0.4, -0.2) is 54.6 Å². The van der Waals surface area contributed by atoms with Gasteiger partial charge >= 0.3 is 0 Å². The number of thioether (sulfide) groups is 1. The topological polar surface area (TPSA) is 35.5 Å². The largest absolute Gasteiger partial charge is 0.391 e. The first kappa shape index (κ1) is 14.2. The molecular formula is C13H19ClN2OS. The molecule has 1 aliphatic heterocycles. The number of rotatable bonds is 5. The van der Waals surface area contributed by atoms with E-state index in [1.165, 1.54) is 0 Å². The number of β-amino-alcohol motifs (C(OH)–C–C–N with tert-alkyl or cyclic N) is 1. The molecule has 1 aliphatic rings. The summed E-state index contributed by atoms with van der Waals surface area (Å²) in [6.07, 6.45) is -0.274. The van der Waals surface area contributed by atoms with Crippen LogP contribution in [0, 0.1) is 0 Å². The van der Waals surface area contributed by atoms with Crippen LogP contribution in [0.25, 0.3) is 0 Å². The van der Waals surface area contributed by atoms with E-state index in [9.17, 15) is 5.11 Å². The number of hydrogen-bond donors (Lipinski definition) is 2. The molecule has 18 heavy (non-hydrogen) atoms. The van der Waals surface area contributed by atoms with E-state index in [1.807, 2.05) is 24.3 Å². The lowest BCUT2D eigenvalue weighted by molar-refractivity contribution is 0.121. The first-order valence-electron chi connectivity index (χ1n) is 6.23. The number of aliphatic hydroxyl groups is 1. The zero-order valence-corrected chi connectivity index (χ0v) is 11.9. The smallest absolute Gasteiger partial charge is 0.0760 e. The molecule has 1 aromatic rings. The van der Waals surface area contributed by atoms with Gasteiger partial charge < -0.3 is 10.4 Å². The van der Waals surface area contributed by atoms with Gasteiger partial charge in [0.2, 0.25) is 0 Å². The average molecular weight is 287 g/mol. The summed E-state index contributed by atoms with van der Waals surface area (Å²) >= 11 is 7.51. The number of aliphatic hydroxyl groups excluding tert-OH is 1. The monoisotopic (exact) mass is 286 g/mol. The van der Waals surface area contributed by atoms with Crippen LogP contribution in [0.1, 0.15) is 0 Å². The van der Waals surface area contributed by atoms with Crippen molar-refractivity contribution >= 4 is 23.4 Å². The number of benzene rings is 1. The van der Waals surface area contributed by atoms with Crippen LogP contribution in [0.15, 0.2) is 29.2 Å². The predicted octanol–water partition coefficient (Wildman–Crippen LogP) is 1.70. The molecule has 0 spiro atoms. The van der Waals surface area contributed by atoms with Gasteiger partial charge in [-0.05, 0) is 24.3 Å². The van der Waals surface area contributed by atoms with E-state index >= 15 is 0 Å². The quantitative estimate of drug-likeness (QED) is 0.808. The van der Waals surface area contributed by atoms with E-state index < -0.39 is 0 Å². The second-order valence-electron chi connectivity index (χ2n) is 4.47. The van der Waals surface area contributed by atoms with Gasteiger partial charge in [-0.1, -0.05) is 11.6 Å². The zero-order valence-electron chi connectivity index (χ0n) is 10.3. The second-order valence-corrected chi connectivity index (χ2v) is 6.00. The predicted molar refractivity (Wildman–Crippen MR) is 77.5 cm³/mol. The molecular weight excluding hydrogens is 268 g/mol. The Morgan fingerprint density at radius 3 is 2.61 bits per heavy atom. The van der Waals surface area contributed by atoms with Gasteiger partial charge in [-0.15, -0.1) is 11.8 Å². The number of halogens is 1. The van der Waals surface area contributed by atoms with Crippen molar-refractivity contribution in [3.8, 4) is 0 Å². The van der Waals surface area contributed by atoms with E-state index in [2.05, 4.69) is 10.2 Å². The summed E-state index contributed by atoms with van der Waals surface area (Å²) < 4.78 is 0. The summed E-state index contributed by atoms with van der Waals surface area (Å²) in [6.45, 7) is 4.88. The van der Waals surface area contributed by atoms with Crippen molar-refractivity contribution in [1.29, 1.82) is 0 Å². The first-order valence-corrected chi connectivity index (χ1v) is 7.60. The van der Waals surface area contributed by atoms with Crippen molar-refractivity contribution in [3.63, 3.8) is 0 Å². The standard InChI is InChI=1S/C13H19ClN2OS/c14-11-1-3-13(4-2-11)18-10-12(17)9-16-7-5-15-6-8-16/h1-4,12,15,17H,5-10H2. The summed E-state index contributed by atoms with van der Waals surface area (Å²) in [6, 6.07) is 7.74. The highest BCUT2D eigenvalue weighted by Crippen LogP contribution is 2.21. The fourth-order valence-corrected chi connectivity index (χ4v) is 2.91. The fourth-order valence-electron chi connectivity index (χ4n) is 1.97. The maximum atomic E-state index is 10.0. The number of hydrogen-bond acceptors (Lipinski definition) is 4. The van der Waals surface area contributed by atoms with Crippen LogP contribution >= 0.6 is 23.4 Å². The second kappa shape index (κ2) is 7.36. The van der Waals surface area contributed by atoms with E-state index in [4.69, 9.17) is 11.6 Å². The molecule has 2 N–H and O–H groups in total. The van der Waals surface area contributed by atoms with Gasteiger partial charge in [-0.3, -0.25) is 4.90 Å². The van der Waals surface area contributed by atoms with Crippen molar-refractivity contribution in [3.05, 3.63) is 29.3 Å². The number of nitrogens with one attached hydrogen (secondary N) is 1. The van der Waals surface area contributed by atoms with Gasteiger partial charge in [-0.25, -0.2) is 0 Å². The Bertz CT molecular complexity index is 355. The molecule has 1 unspecified atom stereocenters. The zero-order chi connectivity index (χ0) is 12.8. The van der Waals surface area contributed by atoms with Crippen LogP contribution in [0.5, 0.6) is 0 Å². The Balaban J connectivity index is 1.70. The summed E-state index contributed by atoms with van der Waals surface area (Å²) in [5.74, 6) is 0.728. The fraction of sp³-hybridized carbons (Fsp3) is 0.538. The molecule has 0 aliphatic carbocycles. The maximum Gasteiger partial charge on any atom is 0.0760 e. The molecule has 0 saturated carbocycles. The van der Waals surface area contributed by atoms with E-state index in [0.717, 1.165) is 48.4 Å². The Morgan fingerprint density at radius 1 is 1.28 bits per heavy atom. The third-order valence-electron chi connectivity index (χ3n) is 2.93. The lowest BCUT2D eigenvalue weighted by Crippen LogP contribution is -2.46. The lowest BCUT2D eigenvalue weighted by atomic mass is 10.3. The molecule has 1 saturated heterocycles. The van der Waals surface area contributed by atoms with Gasteiger partial charge in [0, 0.05) is 48.4 Å². The molecule has 0 aromatic heterocycles. The van der Waals surface area contributed by atoms with E-state index in [-0.39, 0.29) is 6.10 Å². The number of nitrogens with zero attached hydrogens (tertiary/aromatic N) is 1. The van der Waals surface area contributed by atoms with Crippen LogP contribution in [0.4, 0.5) is 0 Å². The average Bonchev–Trinajstić information content (AvgIpc) is 2.39. The first-order chi connectivity index (χ1) is 8.74. The SMILES string of the molecule is OC(CSc1ccc(Cl)cc1)CN1CCNCC1. The molecule has 0 amide bonds. The minimum atomic E-state index is -0.274. The lowest BCUT2D eigenvalue weighted by Gasteiger charge is -2.28. The molecule has 1 aromatic carbocycles. The van der Waals surface area contributed by atoms with Crippen LogP contribution in [0.3, 0.4) is 0 Å². The maximum absolute atomic E-state index is 10.0. The highest BCUT2D eigenvalue weighted by Gasteiger charge is 2.14. The normalized spacial score (nSPS) is 18.8. The number of piperazine rings is 1. The third kappa shape index (κ3) is 4.78. The minimum absolute atomic E-state index is 0.274. The molecule has 100 valence electrons. The molecule has 2 rings (SSSR count). The Hall–Kier alpha value is -0.260. The van der Waals surface area contributed by atoms with Crippen LogP contribution in [-0.2, 0) is 0 Å². The Morgan fingerprint density at radius 2 is 1.94 bits per heavy atom. The van der Waals surface area contributed by atoms with Crippen molar-refractivity contribution in [2.45, 2.75) is 11.0 Å². The molecule has 5 heteroatoms. The molecule has 0 radical (unpaired) electrons. The highest BCUT2D eigenvalue weighted by atomic mass is 35.5. The van der Waals surface area contributed by atoms with Crippen LogP contribution in [0.2, 0.25) is 5.02 Å². The van der Waals surface area contributed by atoms with Crippen molar-refractivity contribution < 1.29 is 5.11 Å². The van der Waals surface area contributed by atoms with Gasteiger partial charge in [0.1, 0.15) is 0 Å². The van der Waals surface area contributed by atoms with Gasteiger partial charge in [-0.2, -0.15) is 0 Å².